The smallest absolute Gasteiger partial charge is 0.244 e. The number of carbonyl (C=O) groups is 1. The topological polar surface area (TPSA) is 59.9 Å². The van der Waals surface area contributed by atoms with E-state index < -0.39 is 0 Å². The average Bonchev–Trinajstić information content (AvgIpc) is 2.85. The molecule has 0 aromatic heterocycles. The maximum absolute atomic E-state index is 12.5. The number of carbonyl (C=O) groups excluding carboxylic acids is 1. The molecule has 0 aliphatic rings. The van der Waals surface area contributed by atoms with Crippen LogP contribution in [0.15, 0.2) is 88.4 Å². The van der Waals surface area contributed by atoms with Crippen molar-refractivity contribution in [3.8, 4) is 11.5 Å². The van der Waals surface area contributed by atoms with Gasteiger partial charge < -0.3 is 9.47 Å². The molecule has 0 aliphatic heterocycles. The van der Waals surface area contributed by atoms with Gasteiger partial charge in [0.1, 0.15) is 6.61 Å². The van der Waals surface area contributed by atoms with E-state index in [9.17, 15) is 4.79 Å². The molecule has 0 saturated heterocycles. The lowest BCUT2D eigenvalue weighted by atomic mass is 10.0. The molecule has 7 heteroatoms. The van der Waals surface area contributed by atoms with Gasteiger partial charge in [0.2, 0.25) is 5.91 Å². The Balaban J connectivity index is 1.42. The van der Waals surface area contributed by atoms with E-state index in [4.69, 9.17) is 21.1 Å². The minimum absolute atomic E-state index is 0.199. The summed E-state index contributed by atoms with van der Waals surface area (Å²) in [5.41, 5.74) is 5.16. The molecule has 4 aromatic carbocycles. The molecule has 0 spiro atoms. The summed E-state index contributed by atoms with van der Waals surface area (Å²) < 4.78 is 12.1. The van der Waals surface area contributed by atoms with Gasteiger partial charge in [0.05, 0.1) is 19.7 Å². The molecule has 0 saturated carbocycles. The summed E-state index contributed by atoms with van der Waals surface area (Å²) in [5, 5.41) is 6.92. The summed E-state index contributed by atoms with van der Waals surface area (Å²) in [6.45, 7) is 0.306. The van der Waals surface area contributed by atoms with Crippen molar-refractivity contribution in [2.75, 3.05) is 7.11 Å². The molecule has 4 rings (SSSR count). The second-order valence-electron chi connectivity index (χ2n) is 7.51. The predicted octanol–water partition coefficient (Wildman–Crippen LogP) is 6.54. The molecule has 0 aliphatic carbocycles. The molecule has 0 unspecified atom stereocenters. The number of fused-ring (bicyclic) bond motifs is 1. The van der Waals surface area contributed by atoms with E-state index in [0.717, 1.165) is 31.9 Å². The molecule has 0 heterocycles. The zero-order valence-electron chi connectivity index (χ0n) is 18.4. The Morgan fingerprint density at radius 3 is 2.56 bits per heavy atom. The average molecular weight is 538 g/mol. The van der Waals surface area contributed by atoms with E-state index in [0.29, 0.717) is 23.1 Å². The van der Waals surface area contributed by atoms with Crippen LogP contribution in [0.25, 0.3) is 10.8 Å². The number of hydrogen-bond acceptors (Lipinski definition) is 4. The molecule has 34 heavy (non-hydrogen) atoms. The third-order valence-corrected chi connectivity index (χ3v) is 6.30. The number of nitrogens with zero attached hydrogens (tertiary/aromatic N) is 1. The molecule has 1 N–H and O–H groups in total. The molecule has 0 atom stereocenters. The Morgan fingerprint density at radius 1 is 1.00 bits per heavy atom. The fourth-order valence-corrected chi connectivity index (χ4v) is 4.14. The van der Waals surface area contributed by atoms with Crippen LogP contribution in [-0.2, 0) is 17.8 Å². The van der Waals surface area contributed by atoms with E-state index in [2.05, 4.69) is 26.5 Å². The number of ether oxygens (including phenoxy) is 2. The van der Waals surface area contributed by atoms with Crippen molar-refractivity contribution >= 4 is 50.4 Å². The highest BCUT2D eigenvalue weighted by Crippen LogP contribution is 2.34. The number of benzene rings is 4. The molecular weight excluding hydrogens is 516 g/mol. The molecule has 4 aromatic rings. The van der Waals surface area contributed by atoms with Crippen LogP contribution in [0.1, 0.15) is 16.7 Å². The van der Waals surface area contributed by atoms with Gasteiger partial charge in [-0.2, -0.15) is 5.10 Å². The van der Waals surface area contributed by atoms with Gasteiger partial charge in [0, 0.05) is 20.6 Å². The lowest BCUT2D eigenvalue weighted by Crippen LogP contribution is -2.20. The lowest BCUT2D eigenvalue weighted by molar-refractivity contribution is -0.120. The first-order valence-corrected chi connectivity index (χ1v) is 11.7. The van der Waals surface area contributed by atoms with Gasteiger partial charge in [-0.25, -0.2) is 5.43 Å². The maximum Gasteiger partial charge on any atom is 0.244 e. The Bertz CT molecular complexity index is 1350. The van der Waals surface area contributed by atoms with Gasteiger partial charge in [0.25, 0.3) is 0 Å². The third kappa shape index (κ3) is 5.76. The van der Waals surface area contributed by atoms with E-state index in [1.54, 1.807) is 25.5 Å². The van der Waals surface area contributed by atoms with Gasteiger partial charge in [0.15, 0.2) is 11.5 Å². The number of hydrazone groups is 1. The molecule has 1 amide bonds. The highest BCUT2D eigenvalue weighted by molar-refractivity contribution is 9.10. The van der Waals surface area contributed by atoms with Crippen molar-refractivity contribution in [3.63, 3.8) is 0 Å². The van der Waals surface area contributed by atoms with Gasteiger partial charge >= 0.3 is 0 Å². The van der Waals surface area contributed by atoms with E-state index in [-0.39, 0.29) is 12.3 Å². The Kier molecular flexibility index (Phi) is 7.83. The van der Waals surface area contributed by atoms with Crippen molar-refractivity contribution in [2.45, 2.75) is 13.0 Å². The Morgan fingerprint density at radius 2 is 1.74 bits per heavy atom. The summed E-state index contributed by atoms with van der Waals surface area (Å²) in [6, 6.07) is 25.0. The highest BCUT2D eigenvalue weighted by atomic mass is 79.9. The quantitative estimate of drug-likeness (QED) is 0.205. The highest BCUT2D eigenvalue weighted by Gasteiger charge is 2.11. The van der Waals surface area contributed by atoms with E-state index in [1.807, 2.05) is 66.7 Å². The SMILES string of the molecule is COc1cc(/C=N\NC(=O)Cc2cccc3ccccc23)c(Br)cc1OCc1ccccc1Cl. The van der Waals surface area contributed by atoms with Crippen molar-refractivity contribution in [1.29, 1.82) is 0 Å². The number of methoxy groups -OCH3 is 1. The Labute approximate surface area is 211 Å². The van der Waals surface area contributed by atoms with Crippen molar-refractivity contribution in [2.24, 2.45) is 5.10 Å². The first kappa shape index (κ1) is 23.8. The molecule has 0 radical (unpaired) electrons. The summed E-state index contributed by atoms with van der Waals surface area (Å²) >= 11 is 9.74. The van der Waals surface area contributed by atoms with Crippen LogP contribution in [0.3, 0.4) is 0 Å². The predicted molar refractivity (Wildman–Crippen MR) is 140 cm³/mol. The largest absolute Gasteiger partial charge is 0.493 e. The van der Waals surface area contributed by atoms with Crippen LogP contribution in [-0.4, -0.2) is 19.2 Å². The first-order chi connectivity index (χ1) is 16.5. The number of rotatable bonds is 8. The van der Waals surface area contributed by atoms with Gasteiger partial charge in [-0.1, -0.05) is 72.3 Å². The summed E-state index contributed by atoms with van der Waals surface area (Å²) in [4.78, 5) is 12.5. The van der Waals surface area contributed by atoms with E-state index in [1.165, 1.54) is 0 Å². The molecule has 172 valence electrons. The minimum atomic E-state index is -0.199. The summed E-state index contributed by atoms with van der Waals surface area (Å²) in [7, 11) is 1.57. The Hall–Kier alpha value is -3.35. The molecule has 0 bridgehead atoms. The van der Waals surface area contributed by atoms with Gasteiger partial charge in [-0.15, -0.1) is 0 Å². The normalized spacial score (nSPS) is 11.0. The summed E-state index contributed by atoms with van der Waals surface area (Å²) in [5.74, 6) is 0.903. The van der Waals surface area contributed by atoms with Crippen molar-refractivity contribution < 1.29 is 14.3 Å². The standard InChI is InChI=1S/C27H22BrClN2O3/c1-33-25-13-21(23(28)15-26(25)34-17-20-8-3-5-12-24(20)29)16-30-31-27(32)14-19-10-6-9-18-7-2-4-11-22(18)19/h2-13,15-16H,14,17H2,1H3,(H,31,32)/b30-16-. The fourth-order valence-electron chi connectivity index (χ4n) is 3.53. The van der Waals surface area contributed by atoms with Crippen molar-refractivity contribution in [1.82, 2.24) is 5.43 Å². The zero-order valence-corrected chi connectivity index (χ0v) is 20.8. The second-order valence-corrected chi connectivity index (χ2v) is 8.77. The fraction of sp³-hybridized carbons (Fsp3) is 0.111. The van der Waals surface area contributed by atoms with Crippen LogP contribution >= 0.6 is 27.5 Å². The number of hydrogen-bond donors (Lipinski definition) is 1. The number of nitrogens with one attached hydrogen (secondary N) is 1. The van der Waals surface area contributed by atoms with Gasteiger partial charge in [-0.3, -0.25) is 4.79 Å². The lowest BCUT2D eigenvalue weighted by Gasteiger charge is -2.13. The van der Waals surface area contributed by atoms with E-state index >= 15 is 0 Å². The van der Waals surface area contributed by atoms with Crippen LogP contribution in [0.4, 0.5) is 0 Å². The minimum Gasteiger partial charge on any atom is -0.493 e. The van der Waals surface area contributed by atoms with Crippen molar-refractivity contribution in [3.05, 3.63) is 105 Å². The molecular formula is C27H22BrClN2O3. The first-order valence-electron chi connectivity index (χ1n) is 10.6. The molecule has 0 fully saturated rings. The van der Waals surface area contributed by atoms with Gasteiger partial charge in [-0.05, 0) is 50.5 Å². The maximum atomic E-state index is 12.5. The number of halogens is 2. The van der Waals surface area contributed by atoms with Crippen LogP contribution in [0.2, 0.25) is 5.02 Å². The third-order valence-electron chi connectivity index (χ3n) is 5.25. The zero-order chi connectivity index (χ0) is 23.9. The number of amides is 1. The second kappa shape index (κ2) is 11.2. The van der Waals surface area contributed by atoms with Crippen LogP contribution < -0.4 is 14.9 Å². The summed E-state index contributed by atoms with van der Waals surface area (Å²) in [6.07, 6.45) is 1.80. The van der Waals surface area contributed by atoms with Crippen LogP contribution in [0, 0.1) is 0 Å². The molecule has 5 nitrogen and oxygen atoms in total. The van der Waals surface area contributed by atoms with Crippen LogP contribution in [0.5, 0.6) is 11.5 Å². The monoisotopic (exact) mass is 536 g/mol.